The lowest BCUT2D eigenvalue weighted by atomic mass is 9.95. The van der Waals surface area contributed by atoms with Crippen molar-refractivity contribution in [2.45, 2.75) is 37.7 Å². The maximum Gasteiger partial charge on any atom is 0.191 e. The Hall–Kier alpha value is -2.54. The molecule has 1 saturated carbocycles. The van der Waals surface area contributed by atoms with E-state index in [2.05, 4.69) is 32.9 Å². The molecular weight excluding hydrogens is 354 g/mol. The van der Waals surface area contributed by atoms with Crippen LogP contribution in [-0.2, 0) is 18.1 Å². The fraction of sp³-hybridized carbons (Fsp3) is 0.524. The molecule has 0 spiro atoms. The molecule has 1 unspecified atom stereocenters. The Bertz CT molecular complexity index is 824. The maximum atomic E-state index is 10.8. The van der Waals surface area contributed by atoms with Crippen molar-refractivity contribution in [2.75, 3.05) is 26.7 Å². The highest BCUT2D eigenvalue weighted by atomic mass is 16.5. The van der Waals surface area contributed by atoms with Crippen LogP contribution in [-0.4, -0.2) is 47.6 Å². The van der Waals surface area contributed by atoms with Gasteiger partial charge in [-0.05, 0) is 32.8 Å². The van der Waals surface area contributed by atoms with E-state index in [0.29, 0.717) is 5.96 Å². The molecule has 28 heavy (non-hydrogen) atoms. The third-order valence-electron chi connectivity index (χ3n) is 5.34. The SMILES string of the molecule is CCNC(=NCC(C)(O)c1cnn(C)c1)NCC1(c2ccccc2OC)CC1. The summed E-state index contributed by atoms with van der Waals surface area (Å²) in [7, 11) is 3.55. The van der Waals surface area contributed by atoms with Gasteiger partial charge >= 0.3 is 0 Å². The third kappa shape index (κ3) is 4.47. The van der Waals surface area contributed by atoms with Gasteiger partial charge in [0.05, 0.1) is 19.9 Å². The molecule has 1 atom stereocenters. The normalized spacial score (nSPS) is 17.7. The zero-order valence-corrected chi connectivity index (χ0v) is 17.2. The molecule has 0 saturated heterocycles. The Morgan fingerprint density at radius 3 is 2.71 bits per heavy atom. The Balaban J connectivity index is 1.68. The van der Waals surface area contributed by atoms with E-state index in [4.69, 9.17) is 4.74 Å². The second kappa shape index (κ2) is 8.22. The maximum absolute atomic E-state index is 10.8. The van der Waals surface area contributed by atoms with Gasteiger partial charge in [0.25, 0.3) is 0 Å². The largest absolute Gasteiger partial charge is 0.496 e. The molecule has 0 aliphatic heterocycles. The lowest BCUT2D eigenvalue weighted by molar-refractivity contribution is 0.0672. The van der Waals surface area contributed by atoms with Crippen LogP contribution in [0.2, 0.25) is 0 Å². The Kier molecular flexibility index (Phi) is 5.93. The van der Waals surface area contributed by atoms with E-state index in [0.717, 1.165) is 37.2 Å². The van der Waals surface area contributed by atoms with Crippen molar-refractivity contribution < 1.29 is 9.84 Å². The molecule has 3 N–H and O–H groups in total. The molecule has 0 bridgehead atoms. The van der Waals surface area contributed by atoms with Crippen LogP contribution >= 0.6 is 0 Å². The highest BCUT2D eigenvalue weighted by molar-refractivity contribution is 5.80. The molecule has 152 valence electrons. The average Bonchev–Trinajstić information content (AvgIpc) is 3.35. The van der Waals surface area contributed by atoms with E-state index in [1.54, 1.807) is 24.9 Å². The van der Waals surface area contributed by atoms with E-state index < -0.39 is 5.60 Å². The van der Waals surface area contributed by atoms with Crippen molar-refractivity contribution in [1.82, 2.24) is 20.4 Å². The summed E-state index contributed by atoms with van der Waals surface area (Å²) in [6.07, 6.45) is 5.73. The van der Waals surface area contributed by atoms with Gasteiger partial charge in [-0.25, -0.2) is 4.99 Å². The van der Waals surface area contributed by atoms with Crippen LogP contribution in [0.1, 0.15) is 37.8 Å². The molecule has 0 amide bonds. The third-order valence-corrected chi connectivity index (χ3v) is 5.34. The summed E-state index contributed by atoms with van der Waals surface area (Å²) in [5.74, 6) is 1.64. The lowest BCUT2D eigenvalue weighted by Gasteiger charge is -2.23. The molecule has 3 rings (SSSR count). The van der Waals surface area contributed by atoms with E-state index in [-0.39, 0.29) is 12.0 Å². The summed E-state index contributed by atoms with van der Waals surface area (Å²) in [5, 5.41) is 21.6. The van der Waals surface area contributed by atoms with Crippen LogP contribution in [0.4, 0.5) is 0 Å². The van der Waals surface area contributed by atoms with Gasteiger partial charge < -0.3 is 20.5 Å². The zero-order valence-electron chi connectivity index (χ0n) is 17.2. The fourth-order valence-corrected chi connectivity index (χ4v) is 3.39. The predicted octanol–water partition coefficient (Wildman–Crippen LogP) is 1.92. The van der Waals surface area contributed by atoms with Crippen LogP contribution in [0.3, 0.4) is 0 Å². The molecule has 1 aromatic carbocycles. The molecule has 7 nitrogen and oxygen atoms in total. The van der Waals surface area contributed by atoms with Gasteiger partial charge in [0.15, 0.2) is 5.96 Å². The second-order valence-corrected chi connectivity index (χ2v) is 7.71. The number of methoxy groups -OCH3 is 1. The number of ether oxygens (including phenoxy) is 1. The number of guanidine groups is 1. The number of aryl methyl sites for hydroxylation is 1. The number of benzene rings is 1. The molecular formula is C21H31N5O2. The Morgan fingerprint density at radius 2 is 2.11 bits per heavy atom. The molecule has 1 aliphatic carbocycles. The smallest absolute Gasteiger partial charge is 0.191 e. The van der Waals surface area contributed by atoms with Gasteiger partial charge in [-0.15, -0.1) is 0 Å². The zero-order chi connectivity index (χ0) is 20.2. The van der Waals surface area contributed by atoms with Crippen LogP contribution in [0.25, 0.3) is 0 Å². The number of hydrogen-bond acceptors (Lipinski definition) is 4. The van der Waals surface area contributed by atoms with Gasteiger partial charge in [-0.2, -0.15) is 5.10 Å². The molecule has 2 aromatic rings. The first-order chi connectivity index (χ1) is 13.4. The average molecular weight is 386 g/mol. The number of aliphatic imine (C=N–C) groups is 1. The first kappa shape index (κ1) is 20.2. The van der Waals surface area contributed by atoms with Crippen molar-refractivity contribution in [1.29, 1.82) is 0 Å². The minimum absolute atomic E-state index is 0.0780. The van der Waals surface area contributed by atoms with E-state index >= 15 is 0 Å². The number of nitrogens with zero attached hydrogens (tertiary/aromatic N) is 3. The van der Waals surface area contributed by atoms with Crippen molar-refractivity contribution in [3.8, 4) is 5.75 Å². The summed E-state index contributed by atoms with van der Waals surface area (Å²) in [6.45, 7) is 5.56. The summed E-state index contributed by atoms with van der Waals surface area (Å²) in [4.78, 5) is 4.61. The summed E-state index contributed by atoms with van der Waals surface area (Å²) in [5.41, 5.74) is 0.996. The highest BCUT2D eigenvalue weighted by Crippen LogP contribution is 2.50. The molecule has 1 fully saturated rings. The highest BCUT2D eigenvalue weighted by Gasteiger charge is 2.46. The number of hydrogen-bond donors (Lipinski definition) is 3. The molecule has 0 radical (unpaired) electrons. The van der Waals surface area contributed by atoms with Crippen molar-refractivity contribution >= 4 is 5.96 Å². The molecule has 1 aliphatic rings. The number of nitrogens with one attached hydrogen (secondary N) is 2. The van der Waals surface area contributed by atoms with Crippen LogP contribution in [0.5, 0.6) is 5.75 Å². The first-order valence-corrected chi connectivity index (χ1v) is 9.77. The lowest BCUT2D eigenvalue weighted by Crippen LogP contribution is -2.42. The van der Waals surface area contributed by atoms with Crippen molar-refractivity contribution in [3.63, 3.8) is 0 Å². The summed E-state index contributed by atoms with van der Waals surface area (Å²) >= 11 is 0. The van der Waals surface area contributed by atoms with E-state index in [9.17, 15) is 5.11 Å². The number of aliphatic hydroxyl groups is 1. The molecule has 7 heteroatoms. The monoisotopic (exact) mass is 385 g/mol. The number of rotatable bonds is 8. The van der Waals surface area contributed by atoms with Gasteiger partial charge in [0.1, 0.15) is 11.4 Å². The topological polar surface area (TPSA) is 83.7 Å². The van der Waals surface area contributed by atoms with Gasteiger partial charge in [0, 0.05) is 42.9 Å². The summed E-state index contributed by atoms with van der Waals surface area (Å²) < 4.78 is 7.24. The van der Waals surface area contributed by atoms with Crippen LogP contribution < -0.4 is 15.4 Å². The number of para-hydroxylation sites is 1. The van der Waals surface area contributed by atoms with E-state index in [1.165, 1.54) is 5.56 Å². The van der Waals surface area contributed by atoms with Gasteiger partial charge in [-0.3, -0.25) is 4.68 Å². The first-order valence-electron chi connectivity index (χ1n) is 9.77. The predicted molar refractivity (Wildman–Crippen MR) is 111 cm³/mol. The molecule has 1 heterocycles. The minimum Gasteiger partial charge on any atom is -0.496 e. The van der Waals surface area contributed by atoms with Crippen LogP contribution in [0.15, 0.2) is 41.7 Å². The Morgan fingerprint density at radius 1 is 1.36 bits per heavy atom. The van der Waals surface area contributed by atoms with E-state index in [1.807, 2.05) is 32.3 Å². The molecule has 1 aromatic heterocycles. The summed E-state index contributed by atoms with van der Waals surface area (Å²) in [6, 6.07) is 8.21. The van der Waals surface area contributed by atoms with Gasteiger partial charge in [0.2, 0.25) is 0 Å². The minimum atomic E-state index is -1.07. The number of aromatic nitrogens is 2. The fourth-order valence-electron chi connectivity index (χ4n) is 3.39. The second-order valence-electron chi connectivity index (χ2n) is 7.71. The van der Waals surface area contributed by atoms with Crippen LogP contribution in [0, 0.1) is 0 Å². The van der Waals surface area contributed by atoms with Gasteiger partial charge in [-0.1, -0.05) is 18.2 Å². The standard InChI is InChI=1S/C21H31N5O2/c1-5-22-19(23-14-20(2,27)16-12-25-26(3)13-16)24-15-21(10-11-21)17-8-6-7-9-18(17)28-4/h6-9,12-13,27H,5,10-11,14-15H2,1-4H3,(H2,22,23,24). The Labute approximate surface area is 166 Å². The van der Waals surface area contributed by atoms with Crippen molar-refractivity contribution in [3.05, 3.63) is 47.8 Å². The quantitative estimate of drug-likeness (QED) is 0.478. The van der Waals surface area contributed by atoms with Crippen molar-refractivity contribution in [2.24, 2.45) is 12.0 Å².